The van der Waals surface area contributed by atoms with E-state index in [1.807, 2.05) is 25.1 Å². The summed E-state index contributed by atoms with van der Waals surface area (Å²) < 4.78 is 28.5. The molecule has 2 bridgehead atoms. The molecule has 8 heteroatoms. The summed E-state index contributed by atoms with van der Waals surface area (Å²) in [6.45, 7) is 6.27. The maximum absolute atomic E-state index is 13.3. The number of nitrogens with zero attached hydrogens (tertiary/aromatic N) is 1. The number of carbonyl (C=O) groups excluding carboxylic acids is 1. The summed E-state index contributed by atoms with van der Waals surface area (Å²) in [7, 11) is 0.305. The number of benzene rings is 2. The van der Waals surface area contributed by atoms with E-state index in [2.05, 4.69) is 40.8 Å². The van der Waals surface area contributed by atoms with E-state index in [0.29, 0.717) is 24.0 Å². The maximum Gasteiger partial charge on any atom is 0.263 e. The zero-order valence-electron chi connectivity index (χ0n) is 24.2. The lowest BCUT2D eigenvalue weighted by atomic mass is 9.68. The summed E-state index contributed by atoms with van der Waals surface area (Å²) in [6, 6.07) is 12.0. The molecule has 6 rings (SSSR count). The first kappa shape index (κ1) is 28.8. The van der Waals surface area contributed by atoms with Gasteiger partial charge in [-0.2, -0.15) is 0 Å². The first-order valence-electron chi connectivity index (χ1n) is 15.0. The van der Waals surface area contributed by atoms with Crippen LogP contribution in [0.5, 0.6) is 5.75 Å². The fourth-order valence-corrected chi connectivity index (χ4v) is 8.48. The highest BCUT2D eigenvalue weighted by atomic mass is 35.5. The van der Waals surface area contributed by atoms with Gasteiger partial charge < -0.3 is 14.4 Å². The van der Waals surface area contributed by atoms with E-state index in [1.165, 1.54) is 11.1 Å². The second kappa shape index (κ2) is 11.7. The van der Waals surface area contributed by atoms with Crippen LogP contribution >= 0.6 is 11.6 Å². The van der Waals surface area contributed by atoms with E-state index in [9.17, 15) is 9.00 Å². The van der Waals surface area contributed by atoms with Crippen LogP contribution in [-0.4, -0.2) is 48.3 Å². The van der Waals surface area contributed by atoms with Crippen molar-refractivity contribution in [3.8, 4) is 5.75 Å². The Labute approximate surface area is 251 Å². The van der Waals surface area contributed by atoms with Crippen molar-refractivity contribution in [2.45, 2.75) is 69.1 Å². The predicted molar refractivity (Wildman–Crippen MR) is 165 cm³/mol. The van der Waals surface area contributed by atoms with E-state index in [-0.39, 0.29) is 28.6 Å². The Kier molecular flexibility index (Phi) is 8.23. The Morgan fingerprint density at radius 2 is 2.02 bits per heavy atom. The molecule has 7 unspecified atom stereocenters. The van der Waals surface area contributed by atoms with Crippen molar-refractivity contribution in [3.05, 3.63) is 70.3 Å². The minimum Gasteiger partial charge on any atom is -0.490 e. The third kappa shape index (κ3) is 5.57. The number of ether oxygens (including phenoxy) is 2. The molecule has 1 N–H and O–H groups in total. The molecule has 0 saturated heterocycles. The number of rotatable bonds is 1. The molecule has 7 atom stereocenters. The van der Waals surface area contributed by atoms with E-state index in [4.69, 9.17) is 21.1 Å². The van der Waals surface area contributed by atoms with Gasteiger partial charge in [0.05, 0.1) is 23.6 Å². The van der Waals surface area contributed by atoms with Crippen LogP contribution < -0.4 is 14.4 Å². The molecule has 2 aromatic carbocycles. The number of amides is 1. The SMILES string of the molecule is COC1/C=C/CC(C)C(C)S(=O)NC(=O)c2ccc3c(c2)N(CC2CCC21)CC1(CCCc2cc(Cl)ccc21)CO3. The van der Waals surface area contributed by atoms with Crippen molar-refractivity contribution >= 4 is 34.2 Å². The van der Waals surface area contributed by atoms with Gasteiger partial charge in [0.1, 0.15) is 16.7 Å². The Morgan fingerprint density at radius 3 is 2.80 bits per heavy atom. The monoisotopic (exact) mass is 596 g/mol. The quantitative estimate of drug-likeness (QED) is 0.395. The third-order valence-corrected chi connectivity index (χ3v) is 11.9. The van der Waals surface area contributed by atoms with Gasteiger partial charge in [0, 0.05) is 36.2 Å². The first-order chi connectivity index (χ1) is 19.8. The predicted octanol–water partition coefficient (Wildman–Crippen LogP) is 6.23. The fraction of sp³-hybridized carbons (Fsp3) is 0.545. The number of carbonyl (C=O) groups is 1. The average Bonchev–Trinajstić information content (AvgIpc) is 3.10. The number of hydrogen-bond acceptors (Lipinski definition) is 5. The fourth-order valence-electron chi connectivity index (χ4n) is 7.26. The molecule has 4 aliphatic rings. The Morgan fingerprint density at radius 1 is 1.17 bits per heavy atom. The summed E-state index contributed by atoms with van der Waals surface area (Å²) in [4.78, 5) is 15.8. The van der Waals surface area contributed by atoms with E-state index in [0.717, 1.165) is 68.1 Å². The minimum absolute atomic E-state index is 0.0508. The minimum atomic E-state index is -1.50. The number of nitrogens with one attached hydrogen (secondary N) is 1. The highest BCUT2D eigenvalue weighted by molar-refractivity contribution is 7.84. The van der Waals surface area contributed by atoms with Crippen LogP contribution in [0, 0.1) is 17.8 Å². The van der Waals surface area contributed by atoms with Crippen molar-refractivity contribution in [2.24, 2.45) is 17.8 Å². The van der Waals surface area contributed by atoms with E-state index in [1.54, 1.807) is 13.2 Å². The van der Waals surface area contributed by atoms with Gasteiger partial charge in [-0.3, -0.25) is 9.52 Å². The molecule has 1 amide bonds. The normalized spacial score (nSPS) is 34.3. The third-order valence-electron chi connectivity index (χ3n) is 10.1. The summed E-state index contributed by atoms with van der Waals surface area (Å²) in [5.41, 5.74) is 3.90. The smallest absolute Gasteiger partial charge is 0.263 e. The van der Waals surface area contributed by atoms with Crippen molar-refractivity contribution in [3.63, 3.8) is 0 Å². The topological polar surface area (TPSA) is 67.9 Å². The first-order valence-corrected chi connectivity index (χ1v) is 16.6. The van der Waals surface area contributed by atoms with Crippen LogP contribution in [0.4, 0.5) is 5.69 Å². The largest absolute Gasteiger partial charge is 0.490 e. The van der Waals surface area contributed by atoms with E-state index < -0.39 is 11.0 Å². The lowest BCUT2D eigenvalue weighted by molar-refractivity contribution is 0.0131. The summed E-state index contributed by atoms with van der Waals surface area (Å²) in [5, 5.41) is 0.589. The van der Waals surface area contributed by atoms with Crippen molar-refractivity contribution in [2.75, 3.05) is 31.7 Å². The molecule has 220 valence electrons. The number of halogens is 1. The zero-order chi connectivity index (χ0) is 28.7. The van der Waals surface area contributed by atoms with E-state index >= 15 is 0 Å². The van der Waals surface area contributed by atoms with Gasteiger partial charge >= 0.3 is 0 Å². The highest BCUT2D eigenvalue weighted by Gasteiger charge is 2.44. The van der Waals surface area contributed by atoms with Crippen LogP contribution in [0.2, 0.25) is 5.02 Å². The van der Waals surface area contributed by atoms with Crippen molar-refractivity contribution < 1.29 is 18.5 Å². The molecule has 1 spiro atoms. The van der Waals surface area contributed by atoms with Crippen molar-refractivity contribution in [1.82, 2.24) is 4.72 Å². The molecule has 2 aliphatic heterocycles. The Bertz CT molecular complexity index is 1360. The molecule has 6 nitrogen and oxygen atoms in total. The van der Waals surface area contributed by atoms with Gasteiger partial charge in [0.25, 0.3) is 5.91 Å². The molecule has 0 aromatic heterocycles. The van der Waals surface area contributed by atoms with Gasteiger partial charge in [-0.1, -0.05) is 36.7 Å². The van der Waals surface area contributed by atoms with Crippen LogP contribution in [0.15, 0.2) is 48.6 Å². The summed E-state index contributed by atoms with van der Waals surface area (Å²) >= 11 is 6.41. The standard InChI is InChI=1S/C33H41ClN2O4S/c1-21-6-4-8-30(39-3)27-12-9-25(27)18-36-19-33(15-5-7-23-16-26(34)11-13-28(23)33)20-40-31-14-10-24(17-29(31)36)32(37)35-41(38)22(21)2/h4,8,10-11,13-14,16-17,21-22,25,27,30H,5-7,9,12,15,18-20H2,1-3H3,(H,35,37)/b8-4+. The molecule has 0 radical (unpaired) electrons. The van der Waals surface area contributed by atoms with Crippen LogP contribution in [0.25, 0.3) is 0 Å². The van der Waals surface area contributed by atoms with Gasteiger partial charge in [-0.05, 0) is 105 Å². The molecule has 1 fully saturated rings. The van der Waals surface area contributed by atoms with Crippen LogP contribution in [0.3, 0.4) is 0 Å². The summed E-state index contributed by atoms with van der Waals surface area (Å²) in [6.07, 6.45) is 10.6. The average molecular weight is 597 g/mol. The van der Waals surface area contributed by atoms with Crippen molar-refractivity contribution in [1.29, 1.82) is 0 Å². The number of aryl methyl sites for hydroxylation is 1. The highest BCUT2D eigenvalue weighted by Crippen LogP contribution is 2.47. The van der Waals surface area contributed by atoms with Crippen LogP contribution in [-0.2, 0) is 27.6 Å². The molecule has 2 aliphatic carbocycles. The maximum atomic E-state index is 13.3. The lowest BCUT2D eigenvalue weighted by Crippen LogP contribution is -2.49. The molecular weight excluding hydrogens is 556 g/mol. The summed E-state index contributed by atoms with van der Waals surface area (Å²) in [5.74, 6) is 1.53. The van der Waals surface area contributed by atoms with Gasteiger partial charge in [-0.25, -0.2) is 4.21 Å². The van der Waals surface area contributed by atoms with Gasteiger partial charge in [-0.15, -0.1) is 0 Å². The molecule has 2 aromatic rings. The number of fused-ring (bicyclic) bond motifs is 4. The van der Waals surface area contributed by atoms with Gasteiger partial charge in [0.15, 0.2) is 0 Å². The molecule has 2 heterocycles. The Balaban J connectivity index is 1.41. The second-order valence-electron chi connectivity index (χ2n) is 12.6. The lowest BCUT2D eigenvalue weighted by Gasteiger charge is -2.46. The molecule has 41 heavy (non-hydrogen) atoms. The second-order valence-corrected chi connectivity index (χ2v) is 14.5. The number of hydrogen-bond donors (Lipinski definition) is 1. The Hall–Kier alpha value is -2.35. The molecular formula is C33H41ClN2O4S. The molecule has 1 saturated carbocycles. The number of allylic oxidation sites excluding steroid dienone is 1. The number of methoxy groups -OCH3 is 1. The van der Waals surface area contributed by atoms with Crippen LogP contribution in [0.1, 0.15) is 67.4 Å². The number of anilines is 1. The van der Waals surface area contributed by atoms with Gasteiger partial charge in [0.2, 0.25) is 0 Å². The zero-order valence-corrected chi connectivity index (χ0v) is 25.8.